The molecule has 1 aromatic rings. The molecule has 116 valence electrons. The summed E-state index contributed by atoms with van der Waals surface area (Å²) in [5, 5.41) is 11.7. The number of carbonyl (C=O) groups is 2. The van der Waals surface area contributed by atoms with E-state index in [1.807, 2.05) is 0 Å². The molecule has 0 aliphatic rings. The van der Waals surface area contributed by atoms with Gasteiger partial charge in [0.2, 0.25) is 0 Å². The highest BCUT2D eigenvalue weighted by atomic mass is 19.1. The van der Waals surface area contributed by atoms with Crippen LogP contribution in [0.15, 0.2) is 18.2 Å². The van der Waals surface area contributed by atoms with E-state index < -0.39 is 23.2 Å². The van der Waals surface area contributed by atoms with Crippen LogP contribution in [0.4, 0.5) is 4.39 Å². The van der Waals surface area contributed by atoms with Crippen molar-refractivity contribution in [3.63, 3.8) is 0 Å². The lowest BCUT2D eigenvalue weighted by Crippen LogP contribution is -2.49. The van der Waals surface area contributed by atoms with Crippen molar-refractivity contribution in [2.24, 2.45) is 0 Å². The van der Waals surface area contributed by atoms with E-state index in [1.165, 1.54) is 19.2 Å². The maximum Gasteiger partial charge on any atom is 0.305 e. The van der Waals surface area contributed by atoms with E-state index in [0.29, 0.717) is 12.8 Å². The first-order valence-corrected chi connectivity index (χ1v) is 6.75. The minimum Gasteiger partial charge on any atom is -0.496 e. The van der Waals surface area contributed by atoms with Crippen LogP contribution < -0.4 is 10.1 Å². The molecule has 0 radical (unpaired) electrons. The van der Waals surface area contributed by atoms with Crippen LogP contribution in [0.1, 0.15) is 43.5 Å². The van der Waals surface area contributed by atoms with Gasteiger partial charge in [-0.3, -0.25) is 9.59 Å². The molecule has 1 aromatic carbocycles. The lowest BCUT2D eigenvalue weighted by Gasteiger charge is -2.31. The number of amides is 1. The van der Waals surface area contributed by atoms with Crippen molar-refractivity contribution < 1.29 is 23.8 Å². The van der Waals surface area contributed by atoms with Gasteiger partial charge >= 0.3 is 5.97 Å². The van der Waals surface area contributed by atoms with Gasteiger partial charge in [-0.15, -0.1) is 0 Å². The van der Waals surface area contributed by atoms with Crippen LogP contribution in [0.2, 0.25) is 0 Å². The fourth-order valence-electron chi connectivity index (χ4n) is 2.18. The monoisotopic (exact) mass is 297 g/mol. The maximum absolute atomic E-state index is 13.3. The van der Waals surface area contributed by atoms with Crippen molar-refractivity contribution in [3.05, 3.63) is 29.6 Å². The Morgan fingerprint density at radius 2 is 1.95 bits per heavy atom. The molecule has 0 aromatic heterocycles. The van der Waals surface area contributed by atoms with Crippen LogP contribution in [0, 0.1) is 5.82 Å². The highest BCUT2D eigenvalue weighted by molar-refractivity contribution is 5.97. The molecule has 0 unspecified atom stereocenters. The van der Waals surface area contributed by atoms with Crippen molar-refractivity contribution in [1.82, 2.24) is 5.32 Å². The van der Waals surface area contributed by atoms with E-state index in [9.17, 15) is 14.0 Å². The van der Waals surface area contributed by atoms with Crippen molar-refractivity contribution in [2.75, 3.05) is 7.11 Å². The minimum absolute atomic E-state index is 0.0502. The molecule has 2 N–H and O–H groups in total. The number of aliphatic carboxylic acids is 1. The minimum atomic E-state index is -0.995. The Kier molecular flexibility index (Phi) is 5.69. The standard InChI is InChI=1S/C15H20FNO4/c1-4-15(5-2,9-13(18)19)17-14(20)11-8-10(16)6-7-12(11)21-3/h6-8H,4-5,9H2,1-3H3,(H,17,20)(H,18,19). The van der Waals surface area contributed by atoms with E-state index in [4.69, 9.17) is 9.84 Å². The Balaban J connectivity index is 3.07. The topological polar surface area (TPSA) is 75.6 Å². The van der Waals surface area contributed by atoms with Gasteiger partial charge in [0, 0.05) is 0 Å². The summed E-state index contributed by atoms with van der Waals surface area (Å²) in [5.41, 5.74) is -0.811. The van der Waals surface area contributed by atoms with E-state index in [2.05, 4.69) is 5.32 Å². The Bertz CT molecular complexity index is 526. The fraction of sp³-hybridized carbons (Fsp3) is 0.467. The Morgan fingerprint density at radius 1 is 1.33 bits per heavy atom. The summed E-state index contributed by atoms with van der Waals surface area (Å²) in [7, 11) is 1.38. The number of carboxylic acids is 1. The van der Waals surface area contributed by atoms with Crippen LogP contribution >= 0.6 is 0 Å². The van der Waals surface area contributed by atoms with Gasteiger partial charge in [0.1, 0.15) is 11.6 Å². The average Bonchev–Trinajstić information content (AvgIpc) is 2.45. The van der Waals surface area contributed by atoms with Gasteiger partial charge in [-0.05, 0) is 31.0 Å². The SMILES string of the molecule is CCC(CC)(CC(=O)O)NC(=O)c1cc(F)ccc1OC. The summed E-state index contributed by atoms with van der Waals surface area (Å²) < 4.78 is 18.4. The zero-order valence-electron chi connectivity index (χ0n) is 12.4. The molecule has 21 heavy (non-hydrogen) atoms. The second-order valence-corrected chi connectivity index (χ2v) is 4.86. The number of carbonyl (C=O) groups excluding carboxylic acids is 1. The highest BCUT2D eigenvalue weighted by Crippen LogP contribution is 2.24. The van der Waals surface area contributed by atoms with E-state index in [0.717, 1.165) is 6.07 Å². The molecule has 0 aliphatic heterocycles. The highest BCUT2D eigenvalue weighted by Gasteiger charge is 2.32. The number of methoxy groups -OCH3 is 1. The maximum atomic E-state index is 13.3. The van der Waals surface area contributed by atoms with Crippen molar-refractivity contribution in [3.8, 4) is 5.75 Å². The van der Waals surface area contributed by atoms with Crippen LogP contribution in [0.25, 0.3) is 0 Å². The van der Waals surface area contributed by atoms with Gasteiger partial charge in [0.05, 0.1) is 24.6 Å². The summed E-state index contributed by atoms with van der Waals surface area (Å²) in [6.07, 6.45) is 0.724. The van der Waals surface area contributed by atoms with Crippen molar-refractivity contribution in [2.45, 2.75) is 38.6 Å². The van der Waals surface area contributed by atoms with Crippen molar-refractivity contribution in [1.29, 1.82) is 0 Å². The molecular formula is C15H20FNO4. The zero-order chi connectivity index (χ0) is 16.0. The molecular weight excluding hydrogens is 277 g/mol. The number of halogens is 1. The lowest BCUT2D eigenvalue weighted by molar-refractivity contribution is -0.138. The second-order valence-electron chi connectivity index (χ2n) is 4.86. The summed E-state index contributed by atoms with van der Waals surface area (Å²) in [6.45, 7) is 3.60. The van der Waals surface area contributed by atoms with Crippen LogP contribution in [-0.2, 0) is 4.79 Å². The molecule has 0 saturated carbocycles. The van der Waals surface area contributed by atoms with E-state index in [-0.39, 0.29) is 17.7 Å². The van der Waals surface area contributed by atoms with E-state index in [1.54, 1.807) is 13.8 Å². The van der Waals surface area contributed by atoms with Crippen molar-refractivity contribution >= 4 is 11.9 Å². The third-order valence-corrected chi connectivity index (χ3v) is 3.63. The molecule has 5 nitrogen and oxygen atoms in total. The van der Waals surface area contributed by atoms with Gasteiger partial charge in [0.15, 0.2) is 0 Å². The number of ether oxygens (including phenoxy) is 1. The number of rotatable bonds is 7. The molecule has 0 aliphatic carbocycles. The quantitative estimate of drug-likeness (QED) is 0.811. The van der Waals surface area contributed by atoms with Gasteiger partial charge in [-0.25, -0.2) is 4.39 Å². The van der Waals surface area contributed by atoms with Gasteiger partial charge in [-0.2, -0.15) is 0 Å². The first kappa shape index (κ1) is 16.9. The molecule has 0 atom stereocenters. The average molecular weight is 297 g/mol. The molecule has 6 heteroatoms. The smallest absolute Gasteiger partial charge is 0.305 e. The largest absolute Gasteiger partial charge is 0.496 e. The number of hydrogen-bond acceptors (Lipinski definition) is 3. The van der Waals surface area contributed by atoms with Gasteiger partial charge < -0.3 is 15.2 Å². The van der Waals surface area contributed by atoms with Gasteiger partial charge in [0.25, 0.3) is 5.91 Å². The molecule has 0 saturated heterocycles. The van der Waals surface area contributed by atoms with Crippen LogP contribution in [-0.4, -0.2) is 29.6 Å². The molecule has 1 rings (SSSR count). The molecule has 0 heterocycles. The number of hydrogen-bond donors (Lipinski definition) is 2. The first-order valence-electron chi connectivity index (χ1n) is 6.75. The molecule has 0 bridgehead atoms. The number of benzene rings is 1. The fourth-order valence-corrected chi connectivity index (χ4v) is 2.18. The lowest BCUT2D eigenvalue weighted by atomic mass is 9.88. The Morgan fingerprint density at radius 3 is 2.43 bits per heavy atom. The third kappa shape index (κ3) is 4.18. The van der Waals surface area contributed by atoms with E-state index >= 15 is 0 Å². The zero-order valence-corrected chi connectivity index (χ0v) is 12.4. The summed E-state index contributed by atoms with van der Waals surface area (Å²) in [5.74, 6) is -1.86. The van der Waals surface area contributed by atoms with Crippen LogP contribution in [0.5, 0.6) is 5.75 Å². The normalized spacial score (nSPS) is 11.0. The number of nitrogens with one attached hydrogen (secondary N) is 1. The third-order valence-electron chi connectivity index (χ3n) is 3.63. The summed E-state index contributed by atoms with van der Waals surface area (Å²) >= 11 is 0. The van der Waals surface area contributed by atoms with Crippen LogP contribution in [0.3, 0.4) is 0 Å². The molecule has 0 spiro atoms. The summed E-state index contributed by atoms with van der Waals surface area (Å²) in [6, 6.07) is 3.63. The second kappa shape index (κ2) is 7.06. The number of carboxylic acid groups (broad SMARTS) is 1. The predicted octanol–water partition coefficient (Wildman–Crippen LogP) is 2.60. The van der Waals surface area contributed by atoms with Gasteiger partial charge in [-0.1, -0.05) is 13.8 Å². The first-order chi connectivity index (χ1) is 9.87. The summed E-state index contributed by atoms with van der Waals surface area (Å²) in [4.78, 5) is 23.3. The predicted molar refractivity (Wildman–Crippen MR) is 76.0 cm³/mol. The Hall–Kier alpha value is -2.11. The Labute approximate surface area is 123 Å². The molecule has 1 amide bonds. The molecule has 0 fully saturated rings.